The third kappa shape index (κ3) is 6.10. The van der Waals surface area contributed by atoms with Gasteiger partial charge in [-0.05, 0) is 45.0 Å². The molecule has 1 aromatic carbocycles. The quantitative estimate of drug-likeness (QED) is 0.638. The number of nitrogen functional groups attached to an aromatic ring is 1. The van der Waals surface area contributed by atoms with Crippen molar-refractivity contribution in [3.05, 3.63) is 24.3 Å². The van der Waals surface area contributed by atoms with E-state index in [-0.39, 0.29) is 12.2 Å². The van der Waals surface area contributed by atoms with E-state index in [2.05, 4.69) is 5.32 Å². The van der Waals surface area contributed by atoms with Crippen LogP contribution in [0.15, 0.2) is 24.3 Å². The minimum atomic E-state index is -0.503. The van der Waals surface area contributed by atoms with E-state index >= 15 is 0 Å². The number of carbonyl (C=O) groups excluding carboxylic acids is 1. The van der Waals surface area contributed by atoms with E-state index in [4.69, 9.17) is 15.2 Å². The summed E-state index contributed by atoms with van der Waals surface area (Å²) in [5, 5.41) is 2.59. The van der Waals surface area contributed by atoms with Gasteiger partial charge in [0.2, 0.25) is 0 Å². The first-order chi connectivity index (χ1) is 8.37. The van der Waals surface area contributed by atoms with Crippen molar-refractivity contribution in [3.63, 3.8) is 0 Å². The second-order valence-electron chi connectivity index (χ2n) is 4.84. The number of rotatable bonds is 4. The Balaban J connectivity index is 2.24. The van der Waals surface area contributed by atoms with Crippen molar-refractivity contribution >= 4 is 17.5 Å². The van der Waals surface area contributed by atoms with Gasteiger partial charge in [0.05, 0.1) is 12.2 Å². The molecular formula is C13H20N2O3. The van der Waals surface area contributed by atoms with E-state index in [1.807, 2.05) is 20.8 Å². The molecule has 5 nitrogen and oxygen atoms in total. The highest BCUT2D eigenvalue weighted by atomic mass is 16.6. The number of benzene rings is 1. The van der Waals surface area contributed by atoms with E-state index in [0.717, 1.165) is 0 Å². The van der Waals surface area contributed by atoms with E-state index in [0.29, 0.717) is 18.0 Å². The zero-order valence-corrected chi connectivity index (χ0v) is 11.0. The highest BCUT2D eigenvalue weighted by Gasteiger charge is 2.10. The van der Waals surface area contributed by atoms with E-state index < -0.39 is 6.09 Å². The summed E-state index contributed by atoms with van der Waals surface area (Å²) >= 11 is 0. The largest absolute Gasteiger partial charge is 0.447 e. The Hall–Kier alpha value is -1.75. The third-order valence-corrected chi connectivity index (χ3v) is 2.01. The van der Waals surface area contributed by atoms with Crippen molar-refractivity contribution in [2.45, 2.75) is 26.4 Å². The van der Waals surface area contributed by atoms with Crippen LogP contribution in [-0.2, 0) is 9.47 Å². The molecular weight excluding hydrogens is 232 g/mol. The van der Waals surface area contributed by atoms with Gasteiger partial charge in [-0.15, -0.1) is 0 Å². The molecule has 1 aromatic rings. The maximum atomic E-state index is 11.4. The number of anilines is 2. The van der Waals surface area contributed by atoms with Crippen molar-refractivity contribution in [2.75, 3.05) is 24.3 Å². The van der Waals surface area contributed by atoms with Gasteiger partial charge in [-0.3, -0.25) is 5.32 Å². The van der Waals surface area contributed by atoms with Gasteiger partial charge < -0.3 is 15.2 Å². The number of nitrogens with two attached hydrogens (primary N) is 1. The third-order valence-electron chi connectivity index (χ3n) is 2.01. The van der Waals surface area contributed by atoms with E-state index in [1.54, 1.807) is 24.3 Å². The Morgan fingerprint density at radius 2 is 1.83 bits per heavy atom. The van der Waals surface area contributed by atoms with Crippen LogP contribution < -0.4 is 11.1 Å². The Morgan fingerprint density at radius 3 is 2.39 bits per heavy atom. The molecule has 18 heavy (non-hydrogen) atoms. The van der Waals surface area contributed by atoms with Gasteiger partial charge in [0.1, 0.15) is 6.61 Å². The summed E-state index contributed by atoms with van der Waals surface area (Å²) in [5.74, 6) is 0. The molecule has 1 amide bonds. The number of amides is 1. The maximum absolute atomic E-state index is 11.4. The molecule has 0 aromatic heterocycles. The Morgan fingerprint density at radius 1 is 1.22 bits per heavy atom. The molecule has 0 aliphatic carbocycles. The van der Waals surface area contributed by atoms with Crippen molar-refractivity contribution in [1.82, 2.24) is 0 Å². The van der Waals surface area contributed by atoms with Crippen LogP contribution in [0.2, 0.25) is 0 Å². The summed E-state index contributed by atoms with van der Waals surface area (Å²) in [5.41, 5.74) is 6.60. The molecule has 0 bridgehead atoms. The van der Waals surface area contributed by atoms with Crippen molar-refractivity contribution < 1.29 is 14.3 Å². The van der Waals surface area contributed by atoms with Crippen molar-refractivity contribution in [1.29, 1.82) is 0 Å². The molecule has 0 aliphatic heterocycles. The zero-order chi connectivity index (χ0) is 13.6. The van der Waals surface area contributed by atoms with Gasteiger partial charge in [0.25, 0.3) is 0 Å². The number of hydrogen-bond donors (Lipinski definition) is 2. The van der Waals surface area contributed by atoms with Gasteiger partial charge in [0, 0.05) is 11.4 Å². The van der Waals surface area contributed by atoms with Crippen LogP contribution in [0.5, 0.6) is 0 Å². The van der Waals surface area contributed by atoms with Crippen molar-refractivity contribution in [3.8, 4) is 0 Å². The fourth-order valence-electron chi connectivity index (χ4n) is 1.20. The van der Waals surface area contributed by atoms with E-state index in [9.17, 15) is 4.79 Å². The lowest BCUT2D eigenvalue weighted by atomic mass is 10.2. The summed E-state index contributed by atoms with van der Waals surface area (Å²) in [6.07, 6.45) is -0.503. The Labute approximate surface area is 107 Å². The molecule has 1 rings (SSSR count). The molecule has 0 saturated heterocycles. The molecule has 0 heterocycles. The highest BCUT2D eigenvalue weighted by molar-refractivity contribution is 5.84. The summed E-state index contributed by atoms with van der Waals surface area (Å²) in [4.78, 5) is 11.4. The average Bonchev–Trinajstić information content (AvgIpc) is 2.26. The first kappa shape index (κ1) is 14.3. The number of hydrogen-bond acceptors (Lipinski definition) is 4. The van der Waals surface area contributed by atoms with Crippen LogP contribution in [0.25, 0.3) is 0 Å². The number of ether oxygens (including phenoxy) is 2. The molecule has 0 atom stereocenters. The SMILES string of the molecule is CC(C)(C)OCCOC(=O)Nc1ccc(N)cc1. The summed E-state index contributed by atoms with van der Waals surface area (Å²) in [6.45, 7) is 6.43. The standard InChI is InChI=1S/C13H20N2O3/c1-13(2,3)18-9-8-17-12(16)15-11-6-4-10(14)5-7-11/h4-7H,8-9,14H2,1-3H3,(H,15,16). The maximum Gasteiger partial charge on any atom is 0.411 e. The van der Waals surface area contributed by atoms with Gasteiger partial charge in [-0.2, -0.15) is 0 Å². The van der Waals surface area contributed by atoms with Gasteiger partial charge >= 0.3 is 6.09 Å². The first-order valence-corrected chi connectivity index (χ1v) is 5.80. The van der Waals surface area contributed by atoms with Crippen LogP contribution >= 0.6 is 0 Å². The second-order valence-corrected chi connectivity index (χ2v) is 4.84. The number of nitrogens with one attached hydrogen (secondary N) is 1. The molecule has 3 N–H and O–H groups in total. The lowest BCUT2D eigenvalue weighted by Gasteiger charge is -2.19. The molecule has 0 spiro atoms. The minimum Gasteiger partial charge on any atom is -0.447 e. The highest BCUT2D eigenvalue weighted by Crippen LogP contribution is 2.10. The minimum absolute atomic E-state index is 0.220. The average molecular weight is 252 g/mol. The van der Waals surface area contributed by atoms with Gasteiger partial charge in [0.15, 0.2) is 0 Å². The molecule has 0 unspecified atom stereocenters. The van der Waals surface area contributed by atoms with Crippen LogP contribution in [0, 0.1) is 0 Å². The predicted molar refractivity (Wildman–Crippen MR) is 71.5 cm³/mol. The fourth-order valence-corrected chi connectivity index (χ4v) is 1.20. The normalized spacial score (nSPS) is 11.1. The zero-order valence-electron chi connectivity index (χ0n) is 11.0. The Bertz CT molecular complexity index is 382. The second kappa shape index (κ2) is 6.26. The summed E-state index contributed by atoms with van der Waals surface area (Å²) < 4.78 is 10.4. The van der Waals surface area contributed by atoms with E-state index in [1.165, 1.54) is 0 Å². The molecule has 0 aliphatic rings. The van der Waals surface area contributed by atoms with Crippen molar-refractivity contribution in [2.24, 2.45) is 0 Å². The summed E-state index contributed by atoms with van der Waals surface area (Å²) in [7, 11) is 0. The van der Waals surface area contributed by atoms with Gasteiger partial charge in [-0.25, -0.2) is 4.79 Å². The fraction of sp³-hybridized carbons (Fsp3) is 0.462. The van der Waals surface area contributed by atoms with Crippen LogP contribution in [0.3, 0.4) is 0 Å². The molecule has 0 radical (unpaired) electrons. The number of carbonyl (C=O) groups is 1. The molecule has 100 valence electrons. The Kier molecular flexibility index (Phi) is 4.97. The monoisotopic (exact) mass is 252 g/mol. The topological polar surface area (TPSA) is 73.6 Å². The molecule has 0 fully saturated rings. The molecule has 5 heteroatoms. The smallest absolute Gasteiger partial charge is 0.411 e. The lowest BCUT2D eigenvalue weighted by Crippen LogP contribution is -2.23. The lowest BCUT2D eigenvalue weighted by molar-refractivity contribution is -0.0218. The molecule has 0 saturated carbocycles. The van der Waals surface area contributed by atoms with Crippen LogP contribution in [0.4, 0.5) is 16.2 Å². The van der Waals surface area contributed by atoms with Crippen LogP contribution in [-0.4, -0.2) is 24.9 Å². The first-order valence-electron chi connectivity index (χ1n) is 5.80. The predicted octanol–water partition coefficient (Wildman–Crippen LogP) is 2.63. The summed E-state index contributed by atoms with van der Waals surface area (Å²) in [6, 6.07) is 6.83. The van der Waals surface area contributed by atoms with Gasteiger partial charge in [-0.1, -0.05) is 0 Å². The van der Waals surface area contributed by atoms with Crippen LogP contribution in [0.1, 0.15) is 20.8 Å².